The summed E-state index contributed by atoms with van der Waals surface area (Å²) in [5.41, 5.74) is 1.70. The molecule has 0 unspecified atom stereocenters. The molecule has 1 fully saturated rings. The van der Waals surface area contributed by atoms with Crippen molar-refractivity contribution in [1.29, 1.82) is 0 Å². The van der Waals surface area contributed by atoms with Gasteiger partial charge in [0.2, 0.25) is 5.91 Å². The molecule has 1 aliphatic carbocycles. The van der Waals surface area contributed by atoms with Gasteiger partial charge in [0.15, 0.2) is 0 Å². The lowest BCUT2D eigenvalue weighted by Gasteiger charge is -2.43. The Labute approximate surface area is 134 Å². The van der Waals surface area contributed by atoms with Crippen molar-refractivity contribution < 1.29 is 9.72 Å². The van der Waals surface area contributed by atoms with Crippen LogP contribution in [0, 0.1) is 10.1 Å². The Morgan fingerprint density at radius 2 is 1.74 bits per heavy atom. The lowest BCUT2D eigenvalue weighted by Crippen LogP contribution is -2.51. The van der Waals surface area contributed by atoms with Gasteiger partial charge in [-0.15, -0.1) is 0 Å². The van der Waals surface area contributed by atoms with Crippen LogP contribution in [0.25, 0.3) is 0 Å². The smallest absolute Gasteiger partial charge is 0.269 e. The molecule has 0 spiro atoms. The molecule has 1 aliphatic rings. The number of hydrogen-bond acceptors (Lipinski definition) is 3. The van der Waals surface area contributed by atoms with Crippen LogP contribution < -0.4 is 5.32 Å². The lowest BCUT2D eigenvalue weighted by molar-refractivity contribution is -0.384. The number of nitrogens with zero attached hydrogens (tertiary/aromatic N) is 1. The van der Waals surface area contributed by atoms with Crippen molar-refractivity contribution in [2.45, 2.75) is 31.2 Å². The van der Waals surface area contributed by atoms with Crippen LogP contribution >= 0.6 is 0 Å². The van der Waals surface area contributed by atoms with Crippen LogP contribution in [-0.2, 0) is 16.8 Å². The van der Waals surface area contributed by atoms with Crippen LogP contribution in [0.5, 0.6) is 0 Å². The molecule has 5 heteroatoms. The lowest BCUT2D eigenvalue weighted by atomic mass is 9.71. The van der Waals surface area contributed by atoms with Crippen LogP contribution in [0.1, 0.15) is 30.4 Å². The van der Waals surface area contributed by atoms with Gasteiger partial charge in [0, 0.05) is 12.1 Å². The van der Waals surface area contributed by atoms with Gasteiger partial charge in [-0.05, 0) is 30.4 Å². The van der Waals surface area contributed by atoms with E-state index in [1.807, 2.05) is 30.3 Å². The number of carbonyl (C=O) groups excluding carboxylic acids is 1. The summed E-state index contributed by atoms with van der Waals surface area (Å²) in [7, 11) is 0. The Kier molecular flexibility index (Phi) is 4.10. The second-order valence-electron chi connectivity index (χ2n) is 5.95. The molecule has 1 amide bonds. The number of nitro benzene ring substituents is 1. The average molecular weight is 310 g/mol. The van der Waals surface area contributed by atoms with Crippen LogP contribution in [0.3, 0.4) is 0 Å². The second kappa shape index (κ2) is 6.20. The minimum Gasteiger partial charge on any atom is -0.346 e. The van der Waals surface area contributed by atoms with Crippen molar-refractivity contribution in [2.75, 3.05) is 0 Å². The van der Waals surface area contributed by atoms with Crippen LogP contribution in [0.15, 0.2) is 54.6 Å². The molecule has 1 N–H and O–H groups in total. The Morgan fingerprint density at radius 3 is 2.26 bits per heavy atom. The predicted octanol–water partition coefficient (Wildman–Crippen LogP) is 3.33. The summed E-state index contributed by atoms with van der Waals surface area (Å²) in [6.45, 7) is 0. The first-order valence-electron chi connectivity index (χ1n) is 7.69. The molecule has 118 valence electrons. The molecule has 0 atom stereocenters. The van der Waals surface area contributed by atoms with Gasteiger partial charge in [0.25, 0.3) is 5.69 Å². The molecular weight excluding hydrogens is 292 g/mol. The third-order valence-corrected chi connectivity index (χ3v) is 4.42. The number of hydrogen-bond donors (Lipinski definition) is 1. The summed E-state index contributed by atoms with van der Waals surface area (Å²) in [6, 6.07) is 16.2. The zero-order valence-electron chi connectivity index (χ0n) is 12.7. The topological polar surface area (TPSA) is 72.2 Å². The minimum atomic E-state index is -0.442. The molecule has 1 saturated carbocycles. The molecule has 2 aromatic carbocycles. The third kappa shape index (κ3) is 3.23. The fourth-order valence-electron chi connectivity index (χ4n) is 3.01. The number of nitro groups is 1. The molecule has 0 heterocycles. The van der Waals surface area contributed by atoms with Gasteiger partial charge in [0.1, 0.15) is 0 Å². The van der Waals surface area contributed by atoms with Crippen molar-refractivity contribution in [3.05, 3.63) is 75.8 Å². The van der Waals surface area contributed by atoms with E-state index in [1.54, 1.807) is 12.1 Å². The molecular formula is C18H18N2O3. The van der Waals surface area contributed by atoms with E-state index in [0.717, 1.165) is 30.4 Å². The average Bonchev–Trinajstić information content (AvgIpc) is 2.52. The molecule has 0 bridgehead atoms. The summed E-state index contributed by atoms with van der Waals surface area (Å²) in [4.78, 5) is 22.6. The molecule has 3 rings (SSSR count). The Balaban J connectivity index is 1.68. The van der Waals surface area contributed by atoms with Gasteiger partial charge in [0.05, 0.1) is 16.9 Å². The highest BCUT2D eigenvalue weighted by molar-refractivity contribution is 5.79. The highest BCUT2D eigenvalue weighted by Crippen LogP contribution is 2.41. The molecule has 0 aliphatic heterocycles. The maximum atomic E-state index is 12.4. The number of rotatable bonds is 5. The van der Waals surface area contributed by atoms with Gasteiger partial charge >= 0.3 is 0 Å². The number of benzene rings is 2. The van der Waals surface area contributed by atoms with E-state index in [-0.39, 0.29) is 23.6 Å². The number of nitrogens with one attached hydrogen (secondary N) is 1. The summed E-state index contributed by atoms with van der Waals surface area (Å²) in [6.07, 6.45) is 3.23. The van der Waals surface area contributed by atoms with E-state index in [2.05, 4.69) is 5.32 Å². The maximum absolute atomic E-state index is 12.4. The minimum absolute atomic E-state index is 0.0360. The van der Waals surface area contributed by atoms with Crippen molar-refractivity contribution >= 4 is 11.6 Å². The summed E-state index contributed by atoms with van der Waals surface area (Å²) in [5.74, 6) is -0.0533. The second-order valence-corrected chi connectivity index (χ2v) is 5.95. The van der Waals surface area contributed by atoms with Gasteiger partial charge < -0.3 is 5.32 Å². The number of amides is 1. The number of carbonyl (C=O) groups is 1. The molecule has 0 radical (unpaired) electrons. The van der Waals surface area contributed by atoms with Crippen molar-refractivity contribution in [3.63, 3.8) is 0 Å². The van der Waals surface area contributed by atoms with Crippen LogP contribution in [-0.4, -0.2) is 10.8 Å². The zero-order valence-corrected chi connectivity index (χ0v) is 12.7. The van der Waals surface area contributed by atoms with Gasteiger partial charge in [-0.2, -0.15) is 0 Å². The molecule has 2 aromatic rings. The Hall–Kier alpha value is -2.69. The van der Waals surface area contributed by atoms with Crippen molar-refractivity contribution in [2.24, 2.45) is 0 Å². The maximum Gasteiger partial charge on any atom is 0.269 e. The Morgan fingerprint density at radius 1 is 1.09 bits per heavy atom. The van der Waals surface area contributed by atoms with Crippen molar-refractivity contribution in [1.82, 2.24) is 5.32 Å². The van der Waals surface area contributed by atoms with Crippen molar-refractivity contribution in [3.8, 4) is 0 Å². The zero-order chi connectivity index (χ0) is 16.3. The first-order chi connectivity index (χ1) is 11.1. The standard InChI is InChI=1S/C18H18N2O3/c21-17(13-14-7-9-16(10-8-14)20(22)23)19-18(11-4-12-18)15-5-2-1-3-6-15/h1-3,5-10H,4,11-13H2,(H,19,21). The highest BCUT2D eigenvalue weighted by atomic mass is 16.6. The largest absolute Gasteiger partial charge is 0.346 e. The van der Waals surface area contributed by atoms with E-state index >= 15 is 0 Å². The van der Waals surface area contributed by atoms with E-state index in [4.69, 9.17) is 0 Å². The third-order valence-electron chi connectivity index (χ3n) is 4.42. The van der Waals surface area contributed by atoms with Crippen LogP contribution in [0.4, 0.5) is 5.69 Å². The molecule has 0 saturated heterocycles. The molecule has 23 heavy (non-hydrogen) atoms. The van der Waals surface area contributed by atoms with Gasteiger partial charge in [-0.1, -0.05) is 42.5 Å². The fraction of sp³-hybridized carbons (Fsp3) is 0.278. The Bertz CT molecular complexity index is 707. The van der Waals surface area contributed by atoms with E-state index in [0.29, 0.717) is 0 Å². The van der Waals surface area contributed by atoms with Gasteiger partial charge in [-0.3, -0.25) is 14.9 Å². The molecule has 0 aromatic heterocycles. The first-order valence-corrected chi connectivity index (χ1v) is 7.69. The highest BCUT2D eigenvalue weighted by Gasteiger charge is 2.39. The fourth-order valence-corrected chi connectivity index (χ4v) is 3.01. The predicted molar refractivity (Wildman–Crippen MR) is 86.9 cm³/mol. The van der Waals surface area contributed by atoms with E-state index in [1.165, 1.54) is 12.1 Å². The molecule has 5 nitrogen and oxygen atoms in total. The quantitative estimate of drug-likeness (QED) is 0.680. The summed E-state index contributed by atoms with van der Waals surface area (Å²) >= 11 is 0. The summed E-state index contributed by atoms with van der Waals surface area (Å²) < 4.78 is 0. The number of non-ortho nitro benzene ring substituents is 1. The van der Waals surface area contributed by atoms with Crippen LogP contribution in [0.2, 0.25) is 0 Å². The summed E-state index contributed by atoms with van der Waals surface area (Å²) in [5, 5.41) is 13.8. The van der Waals surface area contributed by atoms with Gasteiger partial charge in [-0.25, -0.2) is 0 Å². The SMILES string of the molecule is O=C(Cc1ccc([N+](=O)[O-])cc1)NC1(c2ccccc2)CCC1. The normalized spacial score (nSPS) is 15.5. The van der Waals surface area contributed by atoms with E-state index in [9.17, 15) is 14.9 Å². The van der Waals surface area contributed by atoms with E-state index < -0.39 is 4.92 Å². The monoisotopic (exact) mass is 310 g/mol. The first kappa shape index (κ1) is 15.2.